The van der Waals surface area contributed by atoms with Gasteiger partial charge in [-0.05, 0) is 36.3 Å². The van der Waals surface area contributed by atoms with Gasteiger partial charge in [-0.3, -0.25) is 9.78 Å². The van der Waals surface area contributed by atoms with E-state index in [0.717, 1.165) is 30.9 Å². The van der Waals surface area contributed by atoms with E-state index in [2.05, 4.69) is 4.98 Å². The number of carbonyl (C=O) groups excluding carboxylic acids is 1. The van der Waals surface area contributed by atoms with Crippen molar-refractivity contribution in [2.24, 2.45) is 5.92 Å². The van der Waals surface area contributed by atoms with Crippen LogP contribution in [-0.4, -0.2) is 40.9 Å². The number of hydrogen-bond donors (Lipinski definition) is 0. The lowest BCUT2D eigenvalue weighted by Crippen LogP contribution is -2.34. The first-order chi connectivity index (χ1) is 8.27. The molecule has 0 aliphatic carbocycles. The summed E-state index contributed by atoms with van der Waals surface area (Å²) < 4.78 is 0. The first kappa shape index (κ1) is 12.4. The van der Waals surface area contributed by atoms with E-state index in [1.54, 1.807) is 12.4 Å². The van der Waals surface area contributed by atoms with Crippen molar-refractivity contribution in [1.29, 1.82) is 0 Å². The van der Waals surface area contributed by atoms with Crippen LogP contribution in [0.25, 0.3) is 0 Å². The lowest BCUT2D eigenvalue weighted by atomic mass is 10.1. The highest BCUT2D eigenvalue weighted by Crippen LogP contribution is 2.24. The zero-order valence-corrected chi connectivity index (χ0v) is 10.9. The Hall–Kier alpha value is -1.03. The van der Waals surface area contributed by atoms with Gasteiger partial charge in [0.2, 0.25) is 5.91 Å². The molecule has 0 aromatic carbocycles. The Morgan fingerprint density at radius 1 is 1.53 bits per heavy atom. The molecule has 0 spiro atoms. The van der Waals surface area contributed by atoms with Crippen LogP contribution in [0.5, 0.6) is 0 Å². The summed E-state index contributed by atoms with van der Waals surface area (Å²) in [6.45, 7) is 0.796. The average Bonchev–Trinajstić information content (AvgIpc) is 2.90. The van der Waals surface area contributed by atoms with E-state index >= 15 is 0 Å². The number of nitrogens with zero attached hydrogens (tertiary/aromatic N) is 2. The molecular formula is C13H18N2OS. The normalized spacial score (nSPS) is 19.2. The van der Waals surface area contributed by atoms with E-state index in [0.29, 0.717) is 5.91 Å². The molecule has 3 nitrogen and oxygen atoms in total. The Morgan fingerprint density at radius 2 is 2.29 bits per heavy atom. The van der Waals surface area contributed by atoms with Crippen molar-refractivity contribution in [3.05, 3.63) is 30.1 Å². The molecule has 1 aromatic rings. The Kier molecular flexibility index (Phi) is 4.42. The van der Waals surface area contributed by atoms with Crippen LogP contribution in [0.15, 0.2) is 24.5 Å². The van der Waals surface area contributed by atoms with Crippen molar-refractivity contribution in [3.63, 3.8) is 0 Å². The summed E-state index contributed by atoms with van der Waals surface area (Å²) in [5.74, 6) is 2.69. The van der Waals surface area contributed by atoms with Crippen LogP contribution in [0.4, 0.5) is 0 Å². The van der Waals surface area contributed by atoms with Gasteiger partial charge < -0.3 is 4.90 Å². The second-order valence-corrected chi connectivity index (χ2v) is 5.58. The van der Waals surface area contributed by atoms with Crippen LogP contribution in [0.1, 0.15) is 12.0 Å². The Labute approximate surface area is 107 Å². The minimum atomic E-state index is 0.252. The summed E-state index contributed by atoms with van der Waals surface area (Å²) in [6.07, 6.45) is 5.54. The minimum Gasteiger partial charge on any atom is -0.345 e. The number of amides is 1. The lowest BCUT2D eigenvalue weighted by Gasteiger charge is -2.20. The Balaban J connectivity index is 1.80. The monoisotopic (exact) mass is 250 g/mol. The average molecular weight is 250 g/mol. The predicted molar refractivity (Wildman–Crippen MR) is 71.0 cm³/mol. The molecule has 1 aliphatic heterocycles. The number of carbonyl (C=O) groups is 1. The molecular weight excluding hydrogens is 232 g/mol. The molecule has 0 saturated carbocycles. The van der Waals surface area contributed by atoms with E-state index in [-0.39, 0.29) is 5.92 Å². The maximum absolute atomic E-state index is 12.1. The third kappa shape index (κ3) is 3.46. The third-order valence-corrected chi connectivity index (χ3v) is 4.30. The molecule has 1 amide bonds. The molecule has 2 rings (SSSR count). The first-order valence-corrected chi connectivity index (χ1v) is 7.14. The summed E-state index contributed by atoms with van der Waals surface area (Å²) in [6, 6.07) is 4.01. The SMILES string of the molecule is CN(CCc1ccncc1)C(=O)C1CCSC1. The van der Waals surface area contributed by atoms with Crippen LogP contribution >= 0.6 is 11.8 Å². The number of likely N-dealkylation sites (N-methyl/N-ethyl adjacent to an activating group) is 1. The second kappa shape index (κ2) is 6.05. The van der Waals surface area contributed by atoms with E-state index in [1.165, 1.54) is 5.56 Å². The molecule has 92 valence electrons. The zero-order chi connectivity index (χ0) is 12.1. The summed E-state index contributed by atoms with van der Waals surface area (Å²) in [5.41, 5.74) is 1.24. The van der Waals surface area contributed by atoms with Gasteiger partial charge in [0.1, 0.15) is 0 Å². The maximum Gasteiger partial charge on any atom is 0.226 e. The van der Waals surface area contributed by atoms with Gasteiger partial charge in [-0.2, -0.15) is 11.8 Å². The molecule has 4 heteroatoms. The Bertz CT molecular complexity index is 363. The van der Waals surface area contributed by atoms with Crippen molar-refractivity contribution in [1.82, 2.24) is 9.88 Å². The summed E-state index contributed by atoms with van der Waals surface area (Å²) in [4.78, 5) is 17.9. The van der Waals surface area contributed by atoms with Gasteiger partial charge in [-0.15, -0.1) is 0 Å². The molecule has 17 heavy (non-hydrogen) atoms. The van der Waals surface area contributed by atoms with E-state index in [9.17, 15) is 4.79 Å². The van der Waals surface area contributed by atoms with Gasteiger partial charge in [0.15, 0.2) is 0 Å². The summed E-state index contributed by atoms with van der Waals surface area (Å²) in [5, 5.41) is 0. The largest absolute Gasteiger partial charge is 0.345 e. The van der Waals surface area contributed by atoms with E-state index < -0.39 is 0 Å². The highest BCUT2D eigenvalue weighted by molar-refractivity contribution is 7.99. The zero-order valence-electron chi connectivity index (χ0n) is 10.1. The fourth-order valence-corrected chi connectivity index (χ4v) is 3.21. The molecule has 1 aliphatic rings. The minimum absolute atomic E-state index is 0.252. The fourth-order valence-electron chi connectivity index (χ4n) is 2.00. The highest BCUT2D eigenvalue weighted by atomic mass is 32.2. The van der Waals surface area contributed by atoms with Crippen molar-refractivity contribution < 1.29 is 4.79 Å². The van der Waals surface area contributed by atoms with Crippen molar-refractivity contribution in [3.8, 4) is 0 Å². The quantitative estimate of drug-likeness (QED) is 0.817. The van der Waals surface area contributed by atoms with Crippen molar-refractivity contribution in [2.75, 3.05) is 25.1 Å². The molecule has 1 unspecified atom stereocenters. The molecule has 1 atom stereocenters. The number of rotatable bonds is 4. The van der Waals surface area contributed by atoms with Gasteiger partial charge in [-0.25, -0.2) is 0 Å². The summed E-state index contributed by atoms with van der Waals surface area (Å²) >= 11 is 1.89. The first-order valence-electron chi connectivity index (χ1n) is 5.99. The molecule has 1 aromatic heterocycles. The molecule has 2 heterocycles. The van der Waals surface area contributed by atoms with Crippen molar-refractivity contribution >= 4 is 17.7 Å². The predicted octanol–water partition coefficient (Wildman–Crippen LogP) is 1.84. The lowest BCUT2D eigenvalue weighted by molar-refractivity contribution is -0.133. The van der Waals surface area contributed by atoms with Crippen LogP contribution in [0.3, 0.4) is 0 Å². The van der Waals surface area contributed by atoms with Gasteiger partial charge in [0, 0.05) is 37.7 Å². The molecule has 0 radical (unpaired) electrons. The number of aromatic nitrogens is 1. The molecule has 1 fully saturated rings. The number of hydrogen-bond acceptors (Lipinski definition) is 3. The number of pyridine rings is 1. The molecule has 0 bridgehead atoms. The van der Waals surface area contributed by atoms with Crippen LogP contribution in [0.2, 0.25) is 0 Å². The van der Waals surface area contributed by atoms with Crippen LogP contribution in [0, 0.1) is 5.92 Å². The van der Waals surface area contributed by atoms with Crippen molar-refractivity contribution in [2.45, 2.75) is 12.8 Å². The number of thioether (sulfide) groups is 1. The van der Waals surface area contributed by atoms with Crippen LogP contribution in [-0.2, 0) is 11.2 Å². The van der Waals surface area contributed by atoms with Gasteiger partial charge in [-0.1, -0.05) is 0 Å². The highest BCUT2D eigenvalue weighted by Gasteiger charge is 2.25. The second-order valence-electron chi connectivity index (χ2n) is 4.43. The van der Waals surface area contributed by atoms with Gasteiger partial charge in [0.05, 0.1) is 0 Å². The maximum atomic E-state index is 12.1. The standard InChI is InChI=1S/C13H18N2OS/c1-15(13(16)12-5-9-17-10-12)8-4-11-2-6-14-7-3-11/h2-3,6-7,12H,4-5,8-10H2,1H3. The van der Waals surface area contributed by atoms with Crippen LogP contribution < -0.4 is 0 Å². The molecule has 1 saturated heterocycles. The smallest absolute Gasteiger partial charge is 0.226 e. The van der Waals surface area contributed by atoms with E-state index in [4.69, 9.17) is 0 Å². The van der Waals surface area contributed by atoms with Gasteiger partial charge in [0.25, 0.3) is 0 Å². The summed E-state index contributed by atoms with van der Waals surface area (Å²) in [7, 11) is 1.91. The Morgan fingerprint density at radius 3 is 2.94 bits per heavy atom. The third-order valence-electron chi connectivity index (χ3n) is 3.14. The van der Waals surface area contributed by atoms with Gasteiger partial charge >= 0.3 is 0 Å². The fraction of sp³-hybridized carbons (Fsp3) is 0.538. The van der Waals surface area contributed by atoms with E-state index in [1.807, 2.05) is 35.8 Å². The molecule has 0 N–H and O–H groups in total. The topological polar surface area (TPSA) is 33.2 Å².